The molecule has 0 radical (unpaired) electrons. The Hall–Kier alpha value is -0.650. The highest BCUT2D eigenvalue weighted by Crippen LogP contribution is 2.06. The highest BCUT2D eigenvalue weighted by atomic mass is 16.1. The molecule has 14 heavy (non-hydrogen) atoms. The van der Waals surface area contributed by atoms with E-state index >= 15 is 0 Å². The molecule has 0 aromatic heterocycles. The Labute approximate surface area is 84.8 Å². The molecule has 0 aromatic carbocycles. The maximum Gasteiger partial charge on any atom is 0.221 e. The lowest BCUT2D eigenvalue weighted by Gasteiger charge is -2.36. The first-order valence-corrected chi connectivity index (χ1v) is 5.09. The Bertz CT molecular complexity index is 197. The first kappa shape index (κ1) is 11.4. The van der Waals surface area contributed by atoms with E-state index in [0.29, 0.717) is 12.6 Å². The van der Waals surface area contributed by atoms with Crippen molar-refractivity contribution in [3.8, 4) is 0 Å². The fourth-order valence-corrected chi connectivity index (χ4v) is 1.72. The number of piperazine rings is 1. The van der Waals surface area contributed by atoms with Crippen LogP contribution in [0.5, 0.6) is 0 Å². The summed E-state index contributed by atoms with van der Waals surface area (Å²) in [7, 11) is 0. The van der Waals surface area contributed by atoms with Crippen molar-refractivity contribution in [1.82, 2.24) is 10.2 Å². The minimum atomic E-state index is -0.237. The topological polar surface area (TPSA) is 84.4 Å². The summed E-state index contributed by atoms with van der Waals surface area (Å²) >= 11 is 0. The van der Waals surface area contributed by atoms with Crippen LogP contribution in [0.4, 0.5) is 0 Å². The SMILES string of the molecule is CC(CN1CCNCC1CN)C(N)=O. The highest BCUT2D eigenvalue weighted by molar-refractivity contribution is 5.76. The van der Waals surface area contributed by atoms with Gasteiger partial charge in [-0.05, 0) is 0 Å². The summed E-state index contributed by atoms with van der Waals surface area (Å²) in [5, 5.41) is 3.28. The van der Waals surface area contributed by atoms with Crippen molar-refractivity contribution in [3.63, 3.8) is 0 Å². The van der Waals surface area contributed by atoms with Crippen LogP contribution in [0.25, 0.3) is 0 Å². The fourth-order valence-electron chi connectivity index (χ4n) is 1.72. The van der Waals surface area contributed by atoms with Gasteiger partial charge in [0.25, 0.3) is 0 Å². The molecule has 1 saturated heterocycles. The van der Waals surface area contributed by atoms with Gasteiger partial charge >= 0.3 is 0 Å². The van der Waals surface area contributed by atoms with Crippen molar-refractivity contribution in [3.05, 3.63) is 0 Å². The zero-order valence-corrected chi connectivity index (χ0v) is 8.70. The van der Waals surface area contributed by atoms with Crippen LogP contribution in [0, 0.1) is 5.92 Å². The van der Waals surface area contributed by atoms with Gasteiger partial charge in [-0.1, -0.05) is 6.92 Å². The Kier molecular flexibility index (Phi) is 4.31. The van der Waals surface area contributed by atoms with Crippen LogP contribution < -0.4 is 16.8 Å². The van der Waals surface area contributed by atoms with E-state index < -0.39 is 0 Å². The molecule has 0 aliphatic carbocycles. The summed E-state index contributed by atoms with van der Waals surface area (Å²) in [5.74, 6) is -0.332. The van der Waals surface area contributed by atoms with Crippen LogP contribution in [0.3, 0.4) is 0 Å². The molecule has 0 aromatic rings. The quantitative estimate of drug-likeness (QED) is 0.507. The predicted molar refractivity (Wildman–Crippen MR) is 55.6 cm³/mol. The minimum Gasteiger partial charge on any atom is -0.369 e. The molecule has 5 nitrogen and oxygen atoms in total. The molecule has 1 fully saturated rings. The summed E-state index contributed by atoms with van der Waals surface area (Å²) < 4.78 is 0. The van der Waals surface area contributed by atoms with Gasteiger partial charge in [-0.25, -0.2) is 0 Å². The molecule has 1 heterocycles. The van der Waals surface area contributed by atoms with Gasteiger partial charge < -0.3 is 16.8 Å². The van der Waals surface area contributed by atoms with E-state index in [1.54, 1.807) is 0 Å². The number of hydrogen-bond donors (Lipinski definition) is 3. The van der Waals surface area contributed by atoms with Gasteiger partial charge in [0.05, 0.1) is 0 Å². The number of nitrogens with two attached hydrogens (primary N) is 2. The second-order valence-electron chi connectivity index (χ2n) is 3.89. The molecule has 1 amide bonds. The van der Waals surface area contributed by atoms with E-state index in [9.17, 15) is 4.79 Å². The van der Waals surface area contributed by atoms with Gasteiger partial charge in [0.1, 0.15) is 0 Å². The van der Waals surface area contributed by atoms with E-state index in [2.05, 4.69) is 10.2 Å². The summed E-state index contributed by atoms with van der Waals surface area (Å²) in [6.07, 6.45) is 0. The maximum absolute atomic E-state index is 10.9. The van der Waals surface area contributed by atoms with Crippen molar-refractivity contribution in [2.45, 2.75) is 13.0 Å². The maximum atomic E-state index is 10.9. The van der Waals surface area contributed by atoms with Crippen LogP contribution in [0.15, 0.2) is 0 Å². The predicted octanol–water partition coefficient (Wildman–Crippen LogP) is -1.66. The summed E-state index contributed by atoms with van der Waals surface area (Å²) in [6, 6.07) is 0.338. The average Bonchev–Trinajstić information content (AvgIpc) is 2.18. The second kappa shape index (κ2) is 5.29. The molecule has 0 saturated carbocycles. The minimum absolute atomic E-state index is 0.0952. The molecular formula is C9H20N4O. The number of amides is 1. The summed E-state index contributed by atoms with van der Waals surface area (Å²) in [4.78, 5) is 13.2. The van der Waals surface area contributed by atoms with Gasteiger partial charge in [0.2, 0.25) is 5.91 Å². The molecule has 2 unspecified atom stereocenters. The Morgan fingerprint density at radius 1 is 1.71 bits per heavy atom. The van der Waals surface area contributed by atoms with Gasteiger partial charge in [-0.15, -0.1) is 0 Å². The smallest absolute Gasteiger partial charge is 0.221 e. The standard InChI is InChI=1S/C9H20N4O/c1-7(9(11)14)6-13-3-2-12-5-8(13)4-10/h7-8,12H,2-6,10H2,1H3,(H2,11,14). The number of carbonyl (C=O) groups excluding carboxylic acids is 1. The van der Waals surface area contributed by atoms with E-state index in [0.717, 1.165) is 26.2 Å². The molecule has 5 heteroatoms. The van der Waals surface area contributed by atoms with E-state index in [1.807, 2.05) is 6.92 Å². The third kappa shape index (κ3) is 2.94. The Balaban J connectivity index is 2.44. The normalized spacial score (nSPS) is 26.0. The monoisotopic (exact) mass is 200 g/mol. The van der Waals surface area contributed by atoms with Crippen molar-refractivity contribution in [2.75, 3.05) is 32.7 Å². The molecule has 0 spiro atoms. The number of hydrogen-bond acceptors (Lipinski definition) is 4. The Morgan fingerprint density at radius 2 is 2.43 bits per heavy atom. The van der Waals surface area contributed by atoms with Crippen molar-refractivity contribution >= 4 is 5.91 Å². The number of nitrogens with one attached hydrogen (secondary N) is 1. The van der Waals surface area contributed by atoms with Crippen LogP contribution in [0.2, 0.25) is 0 Å². The third-order valence-corrected chi connectivity index (χ3v) is 2.74. The van der Waals surface area contributed by atoms with Crippen LogP contribution >= 0.6 is 0 Å². The number of rotatable bonds is 4. The van der Waals surface area contributed by atoms with E-state index in [4.69, 9.17) is 11.5 Å². The Morgan fingerprint density at radius 3 is 3.00 bits per heavy atom. The number of nitrogens with zero attached hydrogens (tertiary/aromatic N) is 1. The number of primary amides is 1. The zero-order valence-electron chi connectivity index (χ0n) is 8.70. The second-order valence-corrected chi connectivity index (χ2v) is 3.89. The molecule has 5 N–H and O–H groups in total. The third-order valence-electron chi connectivity index (χ3n) is 2.74. The lowest BCUT2D eigenvalue weighted by atomic mass is 10.1. The molecule has 0 bridgehead atoms. The van der Waals surface area contributed by atoms with Crippen LogP contribution in [-0.4, -0.2) is 49.6 Å². The lowest BCUT2D eigenvalue weighted by Crippen LogP contribution is -2.56. The largest absolute Gasteiger partial charge is 0.369 e. The summed E-state index contributed by atoms with van der Waals surface area (Å²) in [6.45, 7) is 6.01. The first-order valence-electron chi connectivity index (χ1n) is 5.09. The van der Waals surface area contributed by atoms with Crippen LogP contribution in [0.1, 0.15) is 6.92 Å². The van der Waals surface area contributed by atoms with Crippen LogP contribution in [-0.2, 0) is 4.79 Å². The molecular weight excluding hydrogens is 180 g/mol. The van der Waals surface area contributed by atoms with Gasteiger partial charge in [-0.2, -0.15) is 0 Å². The van der Waals surface area contributed by atoms with Crippen molar-refractivity contribution in [2.24, 2.45) is 17.4 Å². The van der Waals surface area contributed by atoms with E-state index in [-0.39, 0.29) is 11.8 Å². The molecule has 1 rings (SSSR count). The fraction of sp³-hybridized carbons (Fsp3) is 0.889. The first-order chi connectivity index (χ1) is 6.65. The van der Waals surface area contributed by atoms with Gasteiger partial charge in [0.15, 0.2) is 0 Å². The summed E-state index contributed by atoms with van der Waals surface area (Å²) in [5.41, 5.74) is 10.9. The molecule has 1 aliphatic heterocycles. The van der Waals surface area contributed by atoms with Gasteiger partial charge in [0, 0.05) is 44.7 Å². The lowest BCUT2D eigenvalue weighted by molar-refractivity contribution is -0.122. The van der Waals surface area contributed by atoms with Crippen molar-refractivity contribution in [1.29, 1.82) is 0 Å². The zero-order chi connectivity index (χ0) is 10.6. The number of carbonyl (C=O) groups is 1. The molecule has 2 atom stereocenters. The molecule has 82 valence electrons. The van der Waals surface area contributed by atoms with Gasteiger partial charge in [-0.3, -0.25) is 9.69 Å². The highest BCUT2D eigenvalue weighted by Gasteiger charge is 2.23. The molecule has 1 aliphatic rings. The van der Waals surface area contributed by atoms with Crippen molar-refractivity contribution < 1.29 is 4.79 Å². The average molecular weight is 200 g/mol. The van der Waals surface area contributed by atoms with E-state index in [1.165, 1.54) is 0 Å².